The molecule has 0 aromatic heterocycles. The van der Waals surface area contributed by atoms with Gasteiger partial charge in [0.1, 0.15) is 25.5 Å². The first-order valence-electron chi connectivity index (χ1n) is 7.78. The Morgan fingerprint density at radius 3 is 2.08 bits per heavy atom. The number of carbonyl (C=O) groups is 1. The second-order valence-electron chi connectivity index (χ2n) is 5.52. The van der Waals surface area contributed by atoms with E-state index < -0.39 is 22.5 Å². The molecule has 0 heterocycles. The lowest BCUT2D eigenvalue weighted by Crippen LogP contribution is -2.31. The van der Waals surface area contributed by atoms with E-state index in [0.717, 1.165) is 11.1 Å². The molecule has 7 heteroatoms. The normalized spacial score (nSPS) is 11.1. The summed E-state index contributed by atoms with van der Waals surface area (Å²) < 4.78 is 36.7. The number of rotatable bonds is 8. The molecule has 0 amide bonds. The van der Waals surface area contributed by atoms with Gasteiger partial charge in [-0.15, -0.1) is 0 Å². The van der Waals surface area contributed by atoms with E-state index in [4.69, 9.17) is 9.47 Å². The van der Waals surface area contributed by atoms with Gasteiger partial charge in [0.15, 0.2) is 0 Å². The van der Waals surface area contributed by atoms with Crippen LogP contribution in [0.3, 0.4) is 0 Å². The Morgan fingerprint density at radius 2 is 1.48 bits per heavy atom. The fraction of sp³-hybridized carbons (Fsp3) is 0.278. The minimum atomic E-state index is -3.73. The summed E-state index contributed by atoms with van der Waals surface area (Å²) in [6.07, 6.45) is 0. The molecule has 0 aliphatic heterocycles. The number of nitrogens with one attached hydrogen (secondary N) is 1. The molecule has 0 aliphatic carbocycles. The van der Waals surface area contributed by atoms with Crippen LogP contribution < -0.4 is 9.46 Å². The van der Waals surface area contributed by atoms with Crippen LogP contribution in [0.4, 0.5) is 0 Å². The summed E-state index contributed by atoms with van der Waals surface area (Å²) in [5.74, 6) is 0.0184. The lowest BCUT2D eigenvalue weighted by molar-refractivity contribution is -0.142. The van der Waals surface area contributed by atoms with Crippen molar-refractivity contribution in [2.75, 3.05) is 19.8 Å². The van der Waals surface area contributed by atoms with Crippen molar-refractivity contribution >= 4 is 16.0 Å². The predicted molar refractivity (Wildman–Crippen MR) is 94.0 cm³/mol. The van der Waals surface area contributed by atoms with E-state index in [-0.39, 0.29) is 18.1 Å². The average Bonchev–Trinajstić information content (AvgIpc) is 2.59. The van der Waals surface area contributed by atoms with E-state index in [9.17, 15) is 13.2 Å². The van der Waals surface area contributed by atoms with Crippen molar-refractivity contribution in [2.45, 2.75) is 18.7 Å². The zero-order valence-corrected chi connectivity index (χ0v) is 15.0. The van der Waals surface area contributed by atoms with Crippen LogP contribution in [0.5, 0.6) is 5.75 Å². The first-order chi connectivity index (χ1) is 11.9. The maximum atomic E-state index is 12.0. The van der Waals surface area contributed by atoms with Gasteiger partial charge in [0.25, 0.3) is 0 Å². The van der Waals surface area contributed by atoms with Crippen molar-refractivity contribution < 1.29 is 22.7 Å². The zero-order chi connectivity index (χ0) is 18.3. The molecule has 2 rings (SSSR count). The smallest absolute Gasteiger partial charge is 0.321 e. The average molecular weight is 363 g/mol. The molecule has 0 unspecified atom stereocenters. The lowest BCUT2D eigenvalue weighted by Gasteiger charge is -2.09. The molecule has 2 aromatic carbocycles. The molecule has 0 saturated carbocycles. The maximum Gasteiger partial charge on any atom is 0.321 e. The van der Waals surface area contributed by atoms with Crippen LogP contribution in [0.2, 0.25) is 0 Å². The summed E-state index contributed by atoms with van der Waals surface area (Å²) in [6.45, 7) is 3.64. The van der Waals surface area contributed by atoms with Crippen molar-refractivity contribution in [1.29, 1.82) is 0 Å². The van der Waals surface area contributed by atoms with Crippen LogP contribution in [0.15, 0.2) is 53.4 Å². The van der Waals surface area contributed by atoms with Gasteiger partial charge in [0.05, 0.1) is 4.90 Å². The Hall–Kier alpha value is -2.38. The first-order valence-corrected chi connectivity index (χ1v) is 9.26. The van der Waals surface area contributed by atoms with E-state index >= 15 is 0 Å². The lowest BCUT2D eigenvalue weighted by atomic mass is 10.2. The van der Waals surface area contributed by atoms with Gasteiger partial charge < -0.3 is 9.47 Å². The second-order valence-corrected chi connectivity index (χ2v) is 7.29. The Kier molecular flexibility index (Phi) is 6.55. The van der Waals surface area contributed by atoms with Crippen LogP contribution in [-0.2, 0) is 19.6 Å². The van der Waals surface area contributed by atoms with Crippen molar-refractivity contribution in [3.63, 3.8) is 0 Å². The third kappa shape index (κ3) is 6.21. The molecule has 0 spiro atoms. The summed E-state index contributed by atoms with van der Waals surface area (Å²) in [5.41, 5.74) is 2.08. The van der Waals surface area contributed by atoms with Gasteiger partial charge >= 0.3 is 5.97 Å². The number of ether oxygens (including phenoxy) is 2. The summed E-state index contributed by atoms with van der Waals surface area (Å²) in [4.78, 5) is 11.7. The number of carbonyl (C=O) groups excluding carboxylic acids is 1. The van der Waals surface area contributed by atoms with Crippen LogP contribution in [-0.4, -0.2) is 34.1 Å². The molecule has 2 aromatic rings. The molecule has 0 atom stereocenters. The number of aryl methyl sites for hydroxylation is 2. The van der Waals surface area contributed by atoms with Gasteiger partial charge in [-0.05, 0) is 38.1 Å². The maximum absolute atomic E-state index is 12.0. The van der Waals surface area contributed by atoms with Gasteiger partial charge in [-0.1, -0.05) is 35.4 Å². The van der Waals surface area contributed by atoms with E-state index in [1.54, 1.807) is 12.1 Å². The zero-order valence-electron chi connectivity index (χ0n) is 14.2. The topological polar surface area (TPSA) is 81.7 Å². The fourth-order valence-corrected chi connectivity index (χ4v) is 2.92. The number of hydrogen-bond donors (Lipinski definition) is 1. The van der Waals surface area contributed by atoms with Crippen molar-refractivity contribution in [3.8, 4) is 5.75 Å². The highest BCUT2D eigenvalue weighted by Crippen LogP contribution is 2.11. The molecular formula is C18H21NO5S. The summed E-state index contributed by atoms with van der Waals surface area (Å²) in [5, 5.41) is 0. The molecule has 0 fully saturated rings. The number of sulfonamides is 1. The Labute approximate surface area is 147 Å². The van der Waals surface area contributed by atoms with Crippen molar-refractivity contribution in [3.05, 3.63) is 59.7 Å². The molecule has 0 aliphatic rings. The number of benzene rings is 2. The van der Waals surface area contributed by atoms with Crippen molar-refractivity contribution in [2.24, 2.45) is 0 Å². The van der Waals surface area contributed by atoms with Crippen LogP contribution in [0, 0.1) is 13.8 Å². The van der Waals surface area contributed by atoms with E-state index in [0.29, 0.717) is 5.75 Å². The van der Waals surface area contributed by atoms with Gasteiger partial charge in [-0.25, -0.2) is 8.42 Å². The first kappa shape index (κ1) is 19.0. The predicted octanol–water partition coefficient (Wildman–Crippen LogP) is 2.20. The minimum absolute atomic E-state index is 0.0406. The van der Waals surface area contributed by atoms with Crippen LogP contribution in [0.1, 0.15) is 11.1 Å². The third-order valence-electron chi connectivity index (χ3n) is 3.37. The van der Waals surface area contributed by atoms with E-state index in [2.05, 4.69) is 4.72 Å². The molecule has 0 saturated heterocycles. The van der Waals surface area contributed by atoms with Gasteiger partial charge in [0.2, 0.25) is 10.0 Å². The number of esters is 1. The quantitative estimate of drug-likeness (QED) is 0.574. The van der Waals surface area contributed by atoms with E-state index in [1.807, 2.05) is 38.1 Å². The Morgan fingerprint density at radius 1 is 0.920 bits per heavy atom. The minimum Gasteiger partial charge on any atom is -0.490 e. The molecule has 1 N–H and O–H groups in total. The summed E-state index contributed by atoms with van der Waals surface area (Å²) >= 11 is 0. The monoisotopic (exact) mass is 363 g/mol. The van der Waals surface area contributed by atoms with E-state index in [1.165, 1.54) is 12.1 Å². The molecular weight excluding hydrogens is 342 g/mol. The van der Waals surface area contributed by atoms with Crippen LogP contribution >= 0.6 is 0 Å². The largest absolute Gasteiger partial charge is 0.490 e. The standard InChI is InChI=1S/C18H21NO5S/c1-14-3-7-16(8-4-14)23-11-12-24-18(20)13-19-25(21,22)17-9-5-15(2)6-10-17/h3-10,19H,11-13H2,1-2H3. The highest BCUT2D eigenvalue weighted by molar-refractivity contribution is 7.89. The van der Waals surface area contributed by atoms with Gasteiger partial charge in [-0.2, -0.15) is 4.72 Å². The number of hydrogen-bond acceptors (Lipinski definition) is 5. The van der Waals surface area contributed by atoms with Crippen molar-refractivity contribution in [1.82, 2.24) is 4.72 Å². The summed E-state index contributed by atoms with van der Waals surface area (Å²) in [7, 11) is -3.73. The Bertz CT molecular complexity index is 798. The Balaban J connectivity index is 1.71. The fourth-order valence-electron chi connectivity index (χ4n) is 1.96. The molecule has 134 valence electrons. The van der Waals surface area contributed by atoms with Crippen LogP contribution in [0.25, 0.3) is 0 Å². The molecule has 25 heavy (non-hydrogen) atoms. The second kappa shape index (κ2) is 8.64. The SMILES string of the molecule is Cc1ccc(OCCOC(=O)CNS(=O)(=O)c2ccc(C)cc2)cc1. The van der Waals surface area contributed by atoms with Gasteiger partial charge in [0, 0.05) is 0 Å². The van der Waals surface area contributed by atoms with Gasteiger partial charge in [-0.3, -0.25) is 4.79 Å². The third-order valence-corrected chi connectivity index (χ3v) is 4.79. The molecule has 0 radical (unpaired) electrons. The highest BCUT2D eigenvalue weighted by Gasteiger charge is 2.15. The molecule has 0 bridgehead atoms. The highest BCUT2D eigenvalue weighted by atomic mass is 32.2. The molecule has 6 nitrogen and oxygen atoms in total. The summed E-state index contributed by atoms with van der Waals surface area (Å²) in [6, 6.07) is 13.8.